The van der Waals surface area contributed by atoms with Crippen LogP contribution in [0.4, 0.5) is 5.95 Å². The molecule has 3 rings (SSSR count). The van der Waals surface area contributed by atoms with E-state index < -0.39 is 0 Å². The van der Waals surface area contributed by atoms with Crippen LogP contribution in [0.25, 0.3) is 0 Å². The van der Waals surface area contributed by atoms with Crippen molar-refractivity contribution in [1.82, 2.24) is 25.0 Å². The van der Waals surface area contributed by atoms with Crippen molar-refractivity contribution >= 4 is 5.95 Å². The van der Waals surface area contributed by atoms with Crippen molar-refractivity contribution in [2.75, 3.05) is 31.1 Å². The van der Waals surface area contributed by atoms with Gasteiger partial charge in [-0.2, -0.15) is 4.98 Å². The van der Waals surface area contributed by atoms with Crippen molar-refractivity contribution in [3.63, 3.8) is 0 Å². The van der Waals surface area contributed by atoms with E-state index in [2.05, 4.69) is 36.8 Å². The maximum atomic E-state index is 5.29. The third-order valence-corrected chi connectivity index (χ3v) is 3.55. The van der Waals surface area contributed by atoms with Crippen molar-refractivity contribution in [2.45, 2.75) is 26.3 Å². The van der Waals surface area contributed by atoms with Crippen molar-refractivity contribution < 1.29 is 4.52 Å². The van der Waals surface area contributed by atoms with E-state index in [9.17, 15) is 0 Å². The summed E-state index contributed by atoms with van der Waals surface area (Å²) in [5, 5.41) is 3.99. The third kappa shape index (κ3) is 3.55. The number of aromatic nitrogens is 4. The summed E-state index contributed by atoms with van der Waals surface area (Å²) in [7, 11) is 0. The first kappa shape index (κ1) is 13.9. The molecule has 112 valence electrons. The van der Waals surface area contributed by atoms with Crippen LogP contribution in [0.15, 0.2) is 23.0 Å². The lowest BCUT2D eigenvalue weighted by atomic mass is 10.3. The maximum absolute atomic E-state index is 5.29. The fourth-order valence-corrected chi connectivity index (χ4v) is 2.43. The molecule has 2 aromatic heterocycles. The second kappa shape index (κ2) is 6.62. The molecule has 1 aliphatic rings. The molecule has 0 bridgehead atoms. The van der Waals surface area contributed by atoms with Gasteiger partial charge in [0.25, 0.3) is 0 Å². The van der Waals surface area contributed by atoms with Crippen LogP contribution in [0.3, 0.4) is 0 Å². The second-order valence-electron chi connectivity index (χ2n) is 5.17. The minimum absolute atomic E-state index is 0.711. The van der Waals surface area contributed by atoms with Crippen molar-refractivity contribution in [3.8, 4) is 0 Å². The molecule has 3 heterocycles. The fourth-order valence-electron chi connectivity index (χ4n) is 2.43. The zero-order valence-corrected chi connectivity index (χ0v) is 12.3. The highest BCUT2D eigenvalue weighted by Crippen LogP contribution is 2.12. The predicted octanol–water partition coefficient (Wildman–Crippen LogP) is 1.13. The molecule has 0 aliphatic carbocycles. The molecule has 0 atom stereocenters. The van der Waals surface area contributed by atoms with E-state index in [1.165, 1.54) is 0 Å². The average molecular weight is 288 g/mol. The van der Waals surface area contributed by atoms with Crippen LogP contribution in [0, 0.1) is 0 Å². The summed E-state index contributed by atoms with van der Waals surface area (Å²) in [5.41, 5.74) is 0. The van der Waals surface area contributed by atoms with Gasteiger partial charge in [0.1, 0.15) is 0 Å². The smallest absolute Gasteiger partial charge is 0.240 e. The number of nitrogens with zero attached hydrogens (tertiary/aromatic N) is 6. The highest BCUT2D eigenvalue weighted by molar-refractivity contribution is 5.29. The van der Waals surface area contributed by atoms with E-state index in [1.54, 1.807) is 12.4 Å². The van der Waals surface area contributed by atoms with E-state index in [1.807, 2.05) is 6.07 Å². The Morgan fingerprint density at radius 3 is 2.62 bits per heavy atom. The number of hydrogen-bond donors (Lipinski definition) is 0. The maximum Gasteiger partial charge on any atom is 0.240 e. The molecule has 0 unspecified atom stereocenters. The topological polar surface area (TPSA) is 71.2 Å². The molecule has 2 aromatic rings. The molecular formula is C14H20N6O. The summed E-state index contributed by atoms with van der Waals surface area (Å²) in [5.74, 6) is 2.33. The SMILES string of the molecule is CCCc1noc(CN2CCN(c3ncccn3)CC2)n1. The Bertz CT molecular complexity index is 550. The molecular weight excluding hydrogens is 268 g/mol. The fraction of sp³-hybridized carbons (Fsp3) is 0.571. The van der Waals surface area contributed by atoms with E-state index in [-0.39, 0.29) is 0 Å². The average Bonchev–Trinajstić information content (AvgIpc) is 2.97. The van der Waals surface area contributed by atoms with Gasteiger partial charge < -0.3 is 9.42 Å². The van der Waals surface area contributed by atoms with Gasteiger partial charge in [-0.15, -0.1) is 0 Å². The quantitative estimate of drug-likeness (QED) is 0.816. The Hall–Kier alpha value is -2.02. The zero-order chi connectivity index (χ0) is 14.5. The Labute approximate surface area is 124 Å². The van der Waals surface area contributed by atoms with Crippen LogP contribution >= 0.6 is 0 Å². The van der Waals surface area contributed by atoms with Gasteiger partial charge in [0.05, 0.1) is 6.54 Å². The second-order valence-corrected chi connectivity index (χ2v) is 5.17. The zero-order valence-electron chi connectivity index (χ0n) is 12.3. The summed E-state index contributed by atoms with van der Waals surface area (Å²) < 4.78 is 5.29. The molecule has 0 saturated carbocycles. The van der Waals surface area contributed by atoms with Crippen molar-refractivity contribution in [1.29, 1.82) is 0 Å². The lowest BCUT2D eigenvalue weighted by molar-refractivity contribution is 0.214. The van der Waals surface area contributed by atoms with Gasteiger partial charge in [-0.25, -0.2) is 9.97 Å². The van der Waals surface area contributed by atoms with Gasteiger partial charge in [-0.05, 0) is 12.5 Å². The third-order valence-electron chi connectivity index (χ3n) is 3.55. The highest BCUT2D eigenvalue weighted by Gasteiger charge is 2.20. The summed E-state index contributed by atoms with van der Waals surface area (Å²) >= 11 is 0. The summed E-state index contributed by atoms with van der Waals surface area (Å²) in [6, 6.07) is 1.84. The normalized spacial score (nSPS) is 16.3. The lowest BCUT2D eigenvalue weighted by Gasteiger charge is -2.33. The van der Waals surface area contributed by atoms with Crippen LogP contribution in [0.1, 0.15) is 25.1 Å². The molecule has 0 amide bonds. The predicted molar refractivity (Wildman–Crippen MR) is 77.8 cm³/mol. The minimum atomic E-state index is 0.711. The first-order valence-electron chi connectivity index (χ1n) is 7.41. The Morgan fingerprint density at radius 1 is 1.14 bits per heavy atom. The Balaban J connectivity index is 1.51. The van der Waals surface area contributed by atoms with Crippen LogP contribution in [0.5, 0.6) is 0 Å². The van der Waals surface area contributed by atoms with Crippen LogP contribution in [-0.4, -0.2) is 51.2 Å². The number of piperazine rings is 1. The van der Waals surface area contributed by atoms with Gasteiger partial charge in [0, 0.05) is 45.0 Å². The van der Waals surface area contributed by atoms with Crippen LogP contribution < -0.4 is 4.90 Å². The van der Waals surface area contributed by atoms with Crippen molar-refractivity contribution in [3.05, 3.63) is 30.2 Å². The van der Waals surface area contributed by atoms with E-state index in [0.29, 0.717) is 5.89 Å². The van der Waals surface area contributed by atoms with Gasteiger partial charge in [-0.1, -0.05) is 12.1 Å². The molecule has 7 heteroatoms. The van der Waals surface area contributed by atoms with E-state index in [4.69, 9.17) is 4.52 Å². The van der Waals surface area contributed by atoms with Gasteiger partial charge in [0.2, 0.25) is 11.8 Å². The molecule has 0 N–H and O–H groups in total. The van der Waals surface area contributed by atoms with E-state index >= 15 is 0 Å². The lowest BCUT2D eigenvalue weighted by Crippen LogP contribution is -2.46. The summed E-state index contributed by atoms with van der Waals surface area (Å²) in [6.45, 7) is 6.56. The van der Waals surface area contributed by atoms with Crippen LogP contribution in [0.2, 0.25) is 0 Å². The summed E-state index contributed by atoms with van der Waals surface area (Å²) in [6.07, 6.45) is 5.47. The molecule has 1 aliphatic heterocycles. The molecule has 0 spiro atoms. The van der Waals surface area contributed by atoms with E-state index in [0.717, 1.165) is 57.3 Å². The van der Waals surface area contributed by atoms with Crippen molar-refractivity contribution in [2.24, 2.45) is 0 Å². The largest absolute Gasteiger partial charge is 0.338 e. The molecule has 0 radical (unpaired) electrons. The Kier molecular flexibility index (Phi) is 4.40. The number of aryl methyl sites for hydroxylation is 1. The Morgan fingerprint density at radius 2 is 1.90 bits per heavy atom. The minimum Gasteiger partial charge on any atom is -0.338 e. The highest BCUT2D eigenvalue weighted by atomic mass is 16.5. The molecule has 0 aromatic carbocycles. The summed E-state index contributed by atoms with van der Waals surface area (Å²) in [4.78, 5) is 17.5. The van der Waals surface area contributed by atoms with Gasteiger partial charge in [-0.3, -0.25) is 4.90 Å². The van der Waals surface area contributed by atoms with Gasteiger partial charge in [0.15, 0.2) is 5.82 Å². The standard InChI is InChI=1S/C14H20N6O/c1-2-4-12-17-13(21-18-12)11-19-7-9-20(10-8-19)14-15-5-3-6-16-14/h3,5-6H,2,4,7-11H2,1H3. The first-order valence-corrected chi connectivity index (χ1v) is 7.41. The molecule has 21 heavy (non-hydrogen) atoms. The first-order chi connectivity index (χ1) is 10.3. The van der Waals surface area contributed by atoms with Gasteiger partial charge >= 0.3 is 0 Å². The number of anilines is 1. The molecule has 1 fully saturated rings. The number of hydrogen-bond acceptors (Lipinski definition) is 7. The van der Waals surface area contributed by atoms with Crippen LogP contribution in [-0.2, 0) is 13.0 Å². The molecule has 7 nitrogen and oxygen atoms in total. The molecule has 1 saturated heterocycles. The number of rotatable bonds is 5. The monoisotopic (exact) mass is 288 g/mol.